The van der Waals surface area contributed by atoms with Gasteiger partial charge in [0.15, 0.2) is 5.71 Å². The predicted octanol–water partition coefficient (Wildman–Crippen LogP) is 9.72. The number of halogens is 1. The number of allylic oxidation sites excluding steroid dienone is 8. The molecule has 0 saturated carbocycles. The molecule has 2 nitrogen and oxygen atoms in total. The summed E-state index contributed by atoms with van der Waals surface area (Å²) in [7, 11) is 0. The molecule has 0 unspecified atom stereocenters. The number of nitrogens with zero attached hydrogens (tertiary/aromatic N) is 2. The van der Waals surface area contributed by atoms with Crippen LogP contribution in [0.2, 0.25) is 0 Å². The van der Waals surface area contributed by atoms with Gasteiger partial charge in [-0.3, -0.25) is 0 Å². The lowest BCUT2D eigenvalue weighted by atomic mass is 9.81. The molecule has 0 saturated heterocycles. The molecule has 0 aromatic heterocycles. The van der Waals surface area contributed by atoms with Crippen LogP contribution in [0.1, 0.15) is 84.8 Å². The maximum absolute atomic E-state index is 7.13. The summed E-state index contributed by atoms with van der Waals surface area (Å²) in [6.07, 6.45) is 14.7. The Morgan fingerprint density at radius 1 is 0.846 bits per heavy atom. The van der Waals surface area contributed by atoms with Gasteiger partial charge in [0.2, 0.25) is 5.69 Å². The van der Waals surface area contributed by atoms with Crippen LogP contribution in [0.4, 0.5) is 11.4 Å². The third kappa shape index (κ3) is 4.86. The lowest BCUT2D eigenvalue weighted by Gasteiger charge is -2.27. The molecule has 2 aliphatic heterocycles. The average molecular weight is 540 g/mol. The van der Waals surface area contributed by atoms with E-state index in [0.29, 0.717) is 0 Å². The molecule has 2 aromatic rings. The van der Waals surface area contributed by atoms with Crippen molar-refractivity contribution in [1.29, 1.82) is 0 Å². The second-order valence-corrected chi connectivity index (χ2v) is 12.6. The van der Waals surface area contributed by atoms with E-state index >= 15 is 0 Å². The fraction of sp³-hybridized carbons (Fsp3) is 0.417. The molecule has 0 atom stereocenters. The SMILES string of the molecule is CCCN1/C(=C/C=C2/CCCC(/C=C/C3=[N+](CCC)c4ccccc4C3(C)C)=C2Cl)C(C)(C)c2ccccc21. The third-order valence-corrected chi connectivity index (χ3v) is 9.32. The van der Waals surface area contributed by atoms with Crippen LogP contribution in [0, 0.1) is 0 Å². The summed E-state index contributed by atoms with van der Waals surface area (Å²) < 4.78 is 2.51. The molecule has 0 fully saturated rings. The highest BCUT2D eigenvalue weighted by Gasteiger charge is 2.44. The Hall–Kier alpha value is -2.84. The smallest absolute Gasteiger partial charge is 0.209 e. The number of benzene rings is 2. The number of anilines is 1. The van der Waals surface area contributed by atoms with Crippen LogP contribution in [-0.4, -0.2) is 23.4 Å². The van der Waals surface area contributed by atoms with Crippen molar-refractivity contribution >= 4 is 28.7 Å². The first-order valence-electron chi connectivity index (χ1n) is 14.8. The quantitative estimate of drug-likeness (QED) is 0.317. The maximum atomic E-state index is 7.13. The van der Waals surface area contributed by atoms with Crippen LogP contribution in [-0.2, 0) is 10.8 Å². The number of para-hydroxylation sites is 2. The van der Waals surface area contributed by atoms with Gasteiger partial charge < -0.3 is 4.90 Å². The summed E-state index contributed by atoms with van der Waals surface area (Å²) in [4.78, 5) is 2.51. The van der Waals surface area contributed by atoms with Gasteiger partial charge in [-0.1, -0.05) is 87.8 Å². The molecule has 0 N–H and O–H groups in total. The molecule has 204 valence electrons. The van der Waals surface area contributed by atoms with Gasteiger partial charge in [0.1, 0.15) is 6.54 Å². The van der Waals surface area contributed by atoms with E-state index in [2.05, 4.69) is 124 Å². The van der Waals surface area contributed by atoms with E-state index in [9.17, 15) is 0 Å². The minimum Gasteiger partial charge on any atom is -0.344 e. The number of rotatable bonds is 7. The second-order valence-electron chi connectivity index (χ2n) is 12.2. The summed E-state index contributed by atoms with van der Waals surface area (Å²) >= 11 is 7.13. The molecular formula is C36H44ClN2+. The molecule has 2 heterocycles. The van der Waals surface area contributed by atoms with Crippen LogP contribution >= 0.6 is 11.6 Å². The Bertz CT molecular complexity index is 1410. The van der Waals surface area contributed by atoms with Gasteiger partial charge in [0.25, 0.3) is 0 Å². The molecule has 0 spiro atoms. The Balaban J connectivity index is 1.49. The summed E-state index contributed by atoms with van der Waals surface area (Å²) in [6, 6.07) is 17.7. The largest absolute Gasteiger partial charge is 0.344 e. The van der Waals surface area contributed by atoms with Crippen molar-refractivity contribution in [2.24, 2.45) is 0 Å². The fourth-order valence-corrected chi connectivity index (χ4v) is 7.09. The maximum Gasteiger partial charge on any atom is 0.209 e. The molecule has 3 aliphatic rings. The Morgan fingerprint density at radius 3 is 2.31 bits per heavy atom. The molecule has 1 aliphatic carbocycles. The first-order valence-corrected chi connectivity index (χ1v) is 15.2. The van der Waals surface area contributed by atoms with Gasteiger partial charge in [-0.15, -0.1) is 0 Å². The van der Waals surface area contributed by atoms with Crippen molar-refractivity contribution in [3.63, 3.8) is 0 Å². The van der Waals surface area contributed by atoms with Crippen LogP contribution in [0.25, 0.3) is 0 Å². The standard InChI is InChI=1S/C36H44ClN2/c1-7-24-38-30-18-11-9-16-28(30)35(3,4)32(38)22-20-26-14-13-15-27(34(26)37)21-23-33-36(5,6)29-17-10-12-19-31(29)39(33)25-8-2/h9-12,16-23H,7-8,13-15,24-25H2,1-6H3/q+1. The van der Waals surface area contributed by atoms with E-state index in [-0.39, 0.29) is 10.8 Å². The number of fused-ring (bicyclic) bond motifs is 2. The highest BCUT2D eigenvalue weighted by atomic mass is 35.5. The van der Waals surface area contributed by atoms with Crippen molar-refractivity contribution in [2.75, 3.05) is 18.0 Å². The summed E-state index contributed by atoms with van der Waals surface area (Å²) in [6.45, 7) is 16.0. The molecule has 3 heteroatoms. The van der Waals surface area contributed by atoms with Crippen LogP contribution < -0.4 is 4.90 Å². The zero-order valence-corrected chi connectivity index (χ0v) is 25.4. The van der Waals surface area contributed by atoms with Gasteiger partial charge in [-0.25, -0.2) is 0 Å². The zero-order chi connectivity index (χ0) is 27.8. The van der Waals surface area contributed by atoms with Crippen molar-refractivity contribution in [2.45, 2.75) is 84.5 Å². The van der Waals surface area contributed by atoms with E-state index in [0.717, 1.165) is 50.2 Å². The first-order chi connectivity index (χ1) is 18.7. The molecule has 0 amide bonds. The lowest BCUT2D eigenvalue weighted by molar-refractivity contribution is -0.437. The third-order valence-electron chi connectivity index (χ3n) is 8.83. The number of hydrogen-bond donors (Lipinski definition) is 0. The van der Waals surface area contributed by atoms with Gasteiger partial charge in [-0.05, 0) is 68.4 Å². The van der Waals surface area contributed by atoms with E-state index in [1.807, 2.05) is 0 Å². The topological polar surface area (TPSA) is 6.25 Å². The van der Waals surface area contributed by atoms with Crippen molar-refractivity contribution in [1.82, 2.24) is 0 Å². The Morgan fingerprint density at radius 2 is 1.56 bits per heavy atom. The minimum atomic E-state index is -0.0289. The molecule has 2 aromatic carbocycles. The normalized spacial score (nSPS) is 22.0. The second kappa shape index (κ2) is 11.0. The van der Waals surface area contributed by atoms with E-state index < -0.39 is 0 Å². The Kier molecular flexibility index (Phi) is 7.80. The fourth-order valence-electron chi connectivity index (χ4n) is 6.78. The van der Waals surface area contributed by atoms with Gasteiger partial charge in [0.05, 0.1) is 5.41 Å². The zero-order valence-electron chi connectivity index (χ0n) is 24.7. The molecule has 0 bridgehead atoms. The van der Waals surface area contributed by atoms with Gasteiger partial charge in [0, 0.05) is 52.5 Å². The predicted molar refractivity (Wildman–Crippen MR) is 169 cm³/mol. The van der Waals surface area contributed by atoms with Crippen molar-refractivity contribution in [3.8, 4) is 0 Å². The lowest BCUT2D eigenvalue weighted by Crippen LogP contribution is -2.27. The van der Waals surface area contributed by atoms with Crippen molar-refractivity contribution in [3.05, 3.63) is 106 Å². The van der Waals surface area contributed by atoms with E-state index in [1.165, 1.54) is 45.1 Å². The molecule has 39 heavy (non-hydrogen) atoms. The highest BCUT2D eigenvalue weighted by Crippen LogP contribution is 2.48. The molecule has 0 radical (unpaired) electrons. The van der Waals surface area contributed by atoms with Crippen molar-refractivity contribution < 1.29 is 4.58 Å². The van der Waals surface area contributed by atoms with E-state index in [1.54, 1.807) is 0 Å². The average Bonchev–Trinajstić information content (AvgIpc) is 3.27. The summed E-state index contributed by atoms with van der Waals surface area (Å²) in [5, 5.41) is 0.931. The minimum absolute atomic E-state index is 0.0289. The van der Waals surface area contributed by atoms with Gasteiger partial charge >= 0.3 is 0 Å². The summed E-state index contributed by atoms with van der Waals surface area (Å²) in [5.74, 6) is 0. The monoisotopic (exact) mass is 539 g/mol. The van der Waals surface area contributed by atoms with Crippen LogP contribution in [0.3, 0.4) is 0 Å². The highest BCUT2D eigenvalue weighted by molar-refractivity contribution is 6.32. The van der Waals surface area contributed by atoms with Crippen LogP contribution in [0.15, 0.2) is 94.7 Å². The van der Waals surface area contributed by atoms with E-state index in [4.69, 9.17) is 11.6 Å². The molecule has 5 rings (SSSR count). The first kappa shape index (κ1) is 27.7. The number of hydrogen-bond acceptors (Lipinski definition) is 1. The molecular weight excluding hydrogens is 496 g/mol. The summed E-state index contributed by atoms with van der Waals surface area (Å²) in [5.41, 5.74) is 10.7. The Labute approximate surface area is 241 Å². The van der Waals surface area contributed by atoms with Crippen LogP contribution in [0.5, 0.6) is 0 Å². The van der Waals surface area contributed by atoms with Gasteiger partial charge in [-0.2, -0.15) is 4.58 Å².